The second kappa shape index (κ2) is 5.28. The van der Waals surface area contributed by atoms with Gasteiger partial charge in [-0.25, -0.2) is 0 Å². The van der Waals surface area contributed by atoms with E-state index in [-0.39, 0.29) is 6.04 Å². The highest BCUT2D eigenvalue weighted by molar-refractivity contribution is 5.28. The number of halogens is 3. The summed E-state index contributed by atoms with van der Waals surface area (Å²) in [6.07, 6.45) is -2.11. The van der Waals surface area contributed by atoms with E-state index in [0.717, 1.165) is 32.0 Å². The number of hydrogen-bond donors (Lipinski definition) is 1. The fraction of sp³-hybridized carbons (Fsp3) is 0.538. The first-order chi connectivity index (χ1) is 8.52. The predicted molar refractivity (Wildman–Crippen MR) is 64.0 cm³/mol. The van der Waals surface area contributed by atoms with Gasteiger partial charge < -0.3 is 5.73 Å². The summed E-state index contributed by atoms with van der Waals surface area (Å²) in [7, 11) is 0. The van der Waals surface area contributed by atoms with Crippen LogP contribution < -0.4 is 5.73 Å². The highest BCUT2D eigenvalue weighted by Gasteiger charge is 2.31. The first kappa shape index (κ1) is 13.4. The molecule has 2 N–H and O–H groups in total. The number of nitrogens with zero attached hydrogens (tertiary/aromatic N) is 1. The van der Waals surface area contributed by atoms with E-state index >= 15 is 0 Å². The van der Waals surface area contributed by atoms with E-state index in [1.807, 2.05) is 0 Å². The maximum absolute atomic E-state index is 12.7. The smallest absolute Gasteiger partial charge is 0.329 e. The van der Waals surface area contributed by atoms with E-state index in [2.05, 4.69) is 4.90 Å². The molecule has 1 heterocycles. The second-order valence-electron chi connectivity index (χ2n) is 4.62. The lowest BCUT2D eigenvalue weighted by Crippen LogP contribution is -2.31. The van der Waals surface area contributed by atoms with Crippen LogP contribution in [0.5, 0.6) is 0 Å². The predicted octanol–water partition coefficient (Wildman–Crippen LogP) is 2.80. The van der Waals surface area contributed by atoms with Crippen LogP contribution in [0.25, 0.3) is 0 Å². The van der Waals surface area contributed by atoms with Gasteiger partial charge in [0, 0.05) is 12.6 Å². The fourth-order valence-electron chi connectivity index (χ4n) is 2.47. The van der Waals surface area contributed by atoms with Crippen molar-refractivity contribution in [1.82, 2.24) is 4.90 Å². The molecule has 0 spiro atoms. The Morgan fingerprint density at radius 1 is 1.22 bits per heavy atom. The summed E-state index contributed by atoms with van der Waals surface area (Å²) in [5.41, 5.74) is 5.78. The molecule has 1 fully saturated rings. The van der Waals surface area contributed by atoms with Crippen LogP contribution >= 0.6 is 0 Å². The highest BCUT2D eigenvalue weighted by atomic mass is 19.4. The van der Waals surface area contributed by atoms with Gasteiger partial charge in [0.1, 0.15) is 0 Å². The first-order valence-corrected chi connectivity index (χ1v) is 6.13. The number of hydrogen-bond acceptors (Lipinski definition) is 2. The fourth-order valence-corrected chi connectivity index (χ4v) is 2.47. The van der Waals surface area contributed by atoms with Crippen LogP contribution in [0, 0.1) is 0 Å². The van der Waals surface area contributed by atoms with E-state index in [4.69, 9.17) is 5.73 Å². The molecule has 2 nitrogen and oxygen atoms in total. The van der Waals surface area contributed by atoms with E-state index in [9.17, 15) is 13.2 Å². The topological polar surface area (TPSA) is 29.3 Å². The number of nitrogens with two attached hydrogens (primary N) is 1. The van der Waals surface area contributed by atoms with E-state index in [0.29, 0.717) is 12.1 Å². The van der Waals surface area contributed by atoms with Crippen molar-refractivity contribution in [2.45, 2.75) is 25.1 Å². The maximum Gasteiger partial charge on any atom is 0.416 e. The Balaban J connectivity index is 2.25. The largest absolute Gasteiger partial charge is 0.416 e. The van der Waals surface area contributed by atoms with E-state index < -0.39 is 11.7 Å². The normalized spacial score (nSPS) is 19.1. The third-order valence-electron chi connectivity index (χ3n) is 3.40. The summed E-state index contributed by atoms with van der Waals surface area (Å²) in [6.45, 7) is 2.18. The Morgan fingerprint density at radius 3 is 2.44 bits per heavy atom. The number of benzene rings is 1. The Bertz CT molecular complexity index is 397. The average Bonchev–Trinajstić information content (AvgIpc) is 2.83. The summed E-state index contributed by atoms with van der Waals surface area (Å²) < 4.78 is 38.0. The molecule has 0 radical (unpaired) electrons. The highest BCUT2D eigenvalue weighted by Crippen LogP contribution is 2.32. The lowest BCUT2D eigenvalue weighted by Gasteiger charge is -2.27. The van der Waals surface area contributed by atoms with Gasteiger partial charge in [-0.3, -0.25) is 4.90 Å². The minimum absolute atomic E-state index is 0.102. The van der Waals surface area contributed by atoms with Crippen LogP contribution in [0.15, 0.2) is 24.3 Å². The summed E-state index contributed by atoms with van der Waals surface area (Å²) in [5, 5.41) is 0. The van der Waals surface area contributed by atoms with Gasteiger partial charge in [0.25, 0.3) is 0 Å². The van der Waals surface area contributed by atoms with Gasteiger partial charge in [-0.2, -0.15) is 13.2 Å². The molecule has 1 atom stereocenters. The molecule has 1 saturated heterocycles. The van der Waals surface area contributed by atoms with Gasteiger partial charge in [-0.1, -0.05) is 12.1 Å². The molecule has 100 valence electrons. The molecule has 0 amide bonds. The van der Waals surface area contributed by atoms with Gasteiger partial charge in [0.05, 0.1) is 5.56 Å². The Kier molecular flexibility index (Phi) is 3.92. The zero-order valence-corrected chi connectivity index (χ0v) is 10.1. The summed E-state index contributed by atoms with van der Waals surface area (Å²) in [6, 6.07) is 5.40. The zero-order chi connectivity index (χ0) is 13.2. The summed E-state index contributed by atoms with van der Waals surface area (Å²) in [5.74, 6) is 0. The summed E-state index contributed by atoms with van der Waals surface area (Å²) >= 11 is 0. The SMILES string of the molecule is NC[C@@H](c1cccc(C(F)(F)F)c1)N1CCCC1. The summed E-state index contributed by atoms with van der Waals surface area (Å²) in [4.78, 5) is 2.16. The van der Waals surface area contributed by atoms with Crippen molar-refractivity contribution in [1.29, 1.82) is 0 Å². The van der Waals surface area contributed by atoms with Crippen molar-refractivity contribution in [2.24, 2.45) is 5.73 Å². The molecule has 18 heavy (non-hydrogen) atoms. The monoisotopic (exact) mass is 258 g/mol. The molecule has 5 heteroatoms. The standard InChI is InChI=1S/C13H17F3N2/c14-13(15,16)11-5-3-4-10(8-11)12(9-17)18-6-1-2-7-18/h3-5,8,12H,1-2,6-7,9,17H2/t12-/m0/s1. The Hall–Kier alpha value is -1.07. The molecule has 2 rings (SSSR count). The zero-order valence-electron chi connectivity index (χ0n) is 10.1. The third-order valence-corrected chi connectivity index (χ3v) is 3.40. The van der Waals surface area contributed by atoms with Crippen molar-refractivity contribution in [3.63, 3.8) is 0 Å². The molecule has 1 aliphatic rings. The van der Waals surface area contributed by atoms with Crippen LogP contribution in [0.2, 0.25) is 0 Å². The Morgan fingerprint density at radius 2 is 1.89 bits per heavy atom. The van der Waals surface area contributed by atoms with Crippen molar-refractivity contribution >= 4 is 0 Å². The molecular weight excluding hydrogens is 241 g/mol. The molecule has 1 aromatic rings. The van der Waals surface area contributed by atoms with Gasteiger partial charge >= 0.3 is 6.18 Å². The number of rotatable bonds is 3. The van der Waals surface area contributed by atoms with E-state index in [1.165, 1.54) is 12.1 Å². The first-order valence-electron chi connectivity index (χ1n) is 6.13. The lowest BCUT2D eigenvalue weighted by atomic mass is 10.0. The molecule has 0 unspecified atom stereocenters. The number of likely N-dealkylation sites (tertiary alicyclic amines) is 1. The van der Waals surface area contributed by atoms with Gasteiger partial charge in [0.2, 0.25) is 0 Å². The van der Waals surface area contributed by atoms with Crippen LogP contribution in [-0.2, 0) is 6.18 Å². The van der Waals surface area contributed by atoms with Crippen molar-refractivity contribution in [2.75, 3.05) is 19.6 Å². The van der Waals surface area contributed by atoms with Gasteiger partial charge in [0.15, 0.2) is 0 Å². The minimum atomic E-state index is -4.29. The molecule has 0 aromatic heterocycles. The lowest BCUT2D eigenvalue weighted by molar-refractivity contribution is -0.137. The molecule has 1 aromatic carbocycles. The molecule has 0 aliphatic carbocycles. The quantitative estimate of drug-likeness (QED) is 0.903. The van der Waals surface area contributed by atoms with Gasteiger partial charge in [-0.15, -0.1) is 0 Å². The molecule has 0 saturated carbocycles. The van der Waals surface area contributed by atoms with Gasteiger partial charge in [-0.05, 0) is 43.6 Å². The molecule has 0 bridgehead atoms. The van der Waals surface area contributed by atoms with Crippen molar-refractivity contribution in [3.8, 4) is 0 Å². The third kappa shape index (κ3) is 2.84. The van der Waals surface area contributed by atoms with Crippen LogP contribution in [-0.4, -0.2) is 24.5 Å². The van der Waals surface area contributed by atoms with E-state index in [1.54, 1.807) is 6.07 Å². The maximum atomic E-state index is 12.7. The molecule has 1 aliphatic heterocycles. The van der Waals surface area contributed by atoms with Crippen molar-refractivity contribution in [3.05, 3.63) is 35.4 Å². The second-order valence-corrected chi connectivity index (χ2v) is 4.62. The minimum Gasteiger partial charge on any atom is -0.329 e. The van der Waals surface area contributed by atoms with Crippen LogP contribution in [0.3, 0.4) is 0 Å². The van der Waals surface area contributed by atoms with Crippen molar-refractivity contribution < 1.29 is 13.2 Å². The average molecular weight is 258 g/mol. The molecular formula is C13H17F3N2. The Labute approximate surface area is 105 Å². The number of alkyl halides is 3. The van der Waals surface area contributed by atoms with Crippen LogP contribution in [0.1, 0.15) is 30.0 Å². The van der Waals surface area contributed by atoms with Crippen LogP contribution in [0.4, 0.5) is 13.2 Å².